The van der Waals surface area contributed by atoms with E-state index in [2.05, 4.69) is 9.97 Å². The van der Waals surface area contributed by atoms with E-state index < -0.39 is 0 Å². The number of benzene rings is 1. The zero-order valence-electron chi connectivity index (χ0n) is 8.64. The van der Waals surface area contributed by atoms with Crippen molar-refractivity contribution < 1.29 is 4.74 Å². The van der Waals surface area contributed by atoms with Crippen molar-refractivity contribution in [1.29, 1.82) is 0 Å². The molecule has 4 nitrogen and oxygen atoms in total. The molecule has 5 heteroatoms. The second kappa shape index (κ2) is 4.37. The van der Waals surface area contributed by atoms with Crippen molar-refractivity contribution in [2.24, 2.45) is 0 Å². The van der Waals surface area contributed by atoms with Gasteiger partial charge in [-0.3, -0.25) is 0 Å². The molecule has 1 aromatic heterocycles. The highest BCUT2D eigenvalue weighted by Crippen LogP contribution is 2.29. The van der Waals surface area contributed by atoms with Gasteiger partial charge in [-0.1, -0.05) is 11.6 Å². The van der Waals surface area contributed by atoms with Crippen LogP contribution in [0.3, 0.4) is 0 Å². The van der Waals surface area contributed by atoms with E-state index in [9.17, 15) is 0 Å². The summed E-state index contributed by atoms with van der Waals surface area (Å²) in [6.45, 7) is 0. The Bertz CT molecular complexity index is 499. The van der Waals surface area contributed by atoms with Crippen molar-refractivity contribution in [2.45, 2.75) is 0 Å². The molecule has 0 aliphatic heterocycles. The van der Waals surface area contributed by atoms with E-state index >= 15 is 0 Å². The molecular formula is C11H10ClN3O. The van der Waals surface area contributed by atoms with Gasteiger partial charge >= 0.3 is 0 Å². The van der Waals surface area contributed by atoms with Gasteiger partial charge in [0.1, 0.15) is 22.9 Å². The fourth-order valence-corrected chi connectivity index (χ4v) is 1.54. The minimum Gasteiger partial charge on any atom is -0.497 e. The standard InChI is InChI=1S/C11H10ClN3O/c1-16-8-4-2-7(3-5-8)10-9(12)11(13)15-6-14-10/h2-6H,1H3,(H2,13,14,15). The first-order valence-electron chi connectivity index (χ1n) is 4.63. The Labute approximate surface area is 98.0 Å². The number of hydrogen-bond donors (Lipinski definition) is 1. The van der Waals surface area contributed by atoms with E-state index in [-0.39, 0.29) is 5.82 Å². The summed E-state index contributed by atoms with van der Waals surface area (Å²) in [7, 11) is 1.62. The van der Waals surface area contributed by atoms with Gasteiger partial charge < -0.3 is 10.5 Å². The van der Waals surface area contributed by atoms with Gasteiger partial charge in [-0.2, -0.15) is 0 Å². The van der Waals surface area contributed by atoms with E-state index in [0.29, 0.717) is 10.7 Å². The van der Waals surface area contributed by atoms with Gasteiger partial charge in [-0.15, -0.1) is 0 Å². The quantitative estimate of drug-likeness (QED) is 0.868. The molecule has 82 valence electrons. The molecule has 0 bridgehead atoms. The summed E-state index contributed by atoms with van der Waals surface area (Å²) in [4.78, 5) is 7.91. The first-order valence-corrected chi connectivity index (χ1v) is 5.00. The molecule has 2 rings (SSSR count). The maximum Gasteiger partial charge on any atom is 0.146 e. The van der Waals surface area contributed by atoms with Gasteiger partial charge in [0.15, 0.2) is 0 Å². The molecule has 0 fully saturated rings. The monoisotopic (exact) mass is 235 g/mol. The van der Waals surface area contributed by atoms with Crippen molar-refractivity contribution >= 4 is 17.4 Å². The molecule has 16 heavy (non-hydrogen) atoms. The number of methoxy groups -OCH3 is 1. The number of anilines is 1. The summed E-state index contributed by atoms with van der Waals surface area (Å²) < 4.78 is 5.07. The molecule has 0 spiro atoms. The van der Waals surface area contributed by atoms with Gasteiger partial charge in [0.05, 0.1) is 12.8 Å². The summed E-state index contributed by atoms with van der Waals surface area (Å²) in [6.07, 6.45) is 1.39. The van der Waals surface area contributed by atoms with Crippen LogP contribution >= 0.6 is 11.6 Å². The van der Waals surface area contributed by atoms with E-state index in [4.69, 9.17) is 22.1 Å². The predicted octanol–water partition coefficient (Wildman–Crippen LogP) is 2.39. The molecular weight excluding hydrogens is 226 g/mol. The first-order chi connectivity index (χ1) is 7.72. The van der Waals surface area contributed by atoms with Crippen LogP contribution < -0.4 is 10.5 Å². The molecule has 2 aromatic rings. The van der Waals surface area contributed by atoms with Crippen LogP contribution in [0.15, 0.2) is 30.6 Å². The van der Waals surface area contributed by atoms with Gasteiger partial charge in [0.2, 0.25) is 0 Å². The zero-order chi connectivity index (χ0) is 11.5. The second-order valence-electron chi connectivity index (χ2n) is 3.15. The van der Waals surface area contributed by atoms with E-state index in [1.807, 2.05) is 24.3 Å². The number of nitrogens with zero attached hydrogens (tertiary/aromatic N) is 2. The van der Waals surface area contributed by atoms with Crippen molar-refractivity contribution in [3.05, 3.63) is 35.6 Å². The Kier molecular flexibility index (Phi) is 2.92. The van der Waals surface area contributed by atoms with Crippen LogP contribution in [0.1, 0.15) is 0 Å². The lowest BCUT2D eigenvalue weighted by Crippen LogP contribution is -1.95. The molecule has 2 N–H and O–H groups in total. The molecule has 0 saturated heterocycles. The van der Waals surface area contributed by atoms with Crippen molar-refractivity contribution in [3.8, 4) is 17.0 Å². The lowest BCUT2D eigenvalue weighted by Gasteiger charge is -2.05. The molecule has 1 heterocycles. The highest BCUT2D eigenvalue weighted by molar-refractivity contribution is 6.35. The number of hydrogen-bond acceptors (Lipinski definition) is 4. The minimum absolute atomic E-state index is 0.280. The Morgan fingerprint density at radius 2 is 1.88 bits per heavy atom. The molecule has 0 aliphatic carbocycles. The third kappa shape index (κ3) is 1.92. The molecule has 0 unspecified atom stereocenters. The van der Waals surface area contributed by atoms with Crippen LogP contribution in [0.5, 0.6) is 5.75 Å². The van der Waals surface area contributed by atoms with Gasteiger partial charge in [0, 0.05) is 5.56 Å². The fourth-order valence-electron chi connectivity index (χ4n) is 1.33. The molecule has 0 amide bonds. The lowest BCUT2D eigenvalue weighted by molar-refractivity contribution is 0.415. The molecule has 0 aliphatic rings. The average Bonchev–Trinajstić information content (AvgIpc) is 2.33. The van der Waals surface area contributed by atoms with Crippen molar-refractivity contribution in [1.82, 2.24) is 9.97 Å². The molecule has 0 atom stereocenters. The highest BCUT2D eigenvalue weighted by Gasteiger charge is 2.08. The highest BCUT2D eigenvalue weighted by atomic mass is 35.5. The third-order valence-corrected chi connectivity index (χ3v) is 2.55. The summed E-state index contributed by atoms with van der Waals surface area (Å²) in [5.74, 6) is 1.06. The van der Waals surface area contributed by atoms with E-state index in [0.717, 1.165) is 11.3 Å². The Balaban J connectivity index is 2.46. The third-order valence-electron chi connectivity index (χ3n) is 2.18. The largest absolute Gasteiger partial charge is 0.497 e. The number of ether oxygens (including phenoxy) is 1. The topological polar surface area (TPSA) is 61.0 Å². The summed E-state index contributed by atoms with van der Waals surface area (Å²) >= 11 is 6.02. The van der Waals surface area contributed by atoms with Crippen LogP contribution in [0.4, 0.5) is 5.82 Å². The van der Waals surface area contributed by atoms with Crippen LogP contribution in [0.25, 0.3) is 11.3 Å². The summed E-state index contributed by atoms with van der Waals surface area (Å²) in [5.41, 5.74) is 7.10. The smallest absolute Gasteiger partial charge is 0.146 e. The van der Waals surface area contributed by atoms with E-state index in [1.165, 1.54) is 6.33 Å². The van der Waals surface area contributed by atoms with Crippen LogP contribution in [-0.4, -0.2) is 17.1 Å². The maximum absolute atomic E-state index is 6.02. The molecule has 1 aromatic carbocycles. The lowest BCUT2D eigenvalue weighted by atomic mass is 10.1. The number of nitrogen functional groups attached to an aromatic ring is 1. The summed E-state index contributed by atoms with van der Waals surface area (Å²) in [6, 6.07) is 7.41. The van der Waals surface area contributed by atoms with Gasteiger partial charge in [0.25, 0.3) is 0 Å². The van der Waals surface area contributed by atoms with Gasteiger partial charge in [-0.25, -0.2) is 9.97 Å². The number of rotatable bonds is 2. The number of aromatic nitrogens is 2. The SMILES string of the molecule is COc1ccc(-c2ncnc(N)c2Cl)cc1. The van der Waals surface area contributed by atoms with Gasteiger partial charge in [-0.05, 0) is 24.3 Å². The van der Waals surface area contributed by atoms with Crippen LogP contribution in [-0.2, 0) is 0 Å². The normalized spacial score (nSPS) is 10.1. The first kappa shape index (κ1) is 10.7. The van der Waals surface area contributed by atoms with E-state index in [1.54, 1.807) is 7.11 Å². The Morgan fingerprint density at radius 1 is 1.19 bits per heavy atom. The van der Waals surface area contributed by atoms with Crippen molar-refractivity contribution in [2.75, 3.05) is 12.8 Å². The number of nitrogens with two attached hydrogens (primary N) is 1. The maximum atomic E-state index is 6.02. The zero-order valence-corrected chi connectivity index (χ0v) is 9.40. The predicted molar refractivity (Wildman–Crippen MR) is 63.4 cm³/mol. The summed E-state index contributed by atoms with van der Waals surface area (Å²) in [5, 5.41) is 0.368. The Morgan fingerprint density at radius 3 is 2.50 bits per heavy atom. The second-order valence-corrected chi connectivity index (χ2v) is 3.53. The average molecular weight is 236 g/mol. The van der Waals surface area contributed by atoms with Crippen LogP contribution in [0.2, 0.25) is 5.02 Å². The Hall–Kier alpha value is -1.81. The van der Waals surface area contributed by atoms with Crippen LogP contribution in [0, 0.1) is 0 Å². The fraction of sp³-hybridized carbons (Fsp3) is 0.0909. The number of halogens is 1. The van der Waals surface area contributed by atoms with Crippen molar-refractivity contribution in [3.63, 3.8) is 0 Å². The molecule has 0 saturated carbocycles. The molecule has 0 radical (unpaired) electrons. The minimum atomic E-state index is 0.280.